The lowest BCUT2D eigenvalue weighted by atomic mass is 10.00. The first-order chi connectivity index (χ1) is 8.06. The molecule has 5 nitrogen and oxygen atoms in total. The molecule has 2 N–H and O–H groups in total. The van der Waals surface area contributed by atoms with E-state index in [1.54, 1.807) is 6.08 Å². The molecule has 0 aliphatic carbocycles. The highest BCUT2D eigenvalue weighted by Crippen LogP contribution is 2.12. The zero-order valence-electron chi connectivity index (χ0n) is 9.63. The molecule has 0 aromatic rings. The molecule has 1 atom stereocenters. The van der Waals surface area contributed by atoms with Gasteiger partial charge in [0.1, 0.15) is 0 Å². The van der Waals surface area contributed by atoms with Gasteiger partial charge < -0.3 is 10.2 Å². The standard InChI is InChI=1S/C12H17NO4/c13-9-10(8-12(16)17)6-4-2-1-3-5-7-11(14)15/h1,3,10H,2,4-8H2,(H,14,15)(H,16,17)/b3-1+. The first-order valence-electron chi connectivity index (χ1n) is 5.54. The molecule has 0 aliphatic rings. The van der Waals surface area contributed by atoms with Crippen LogP contribution < -0.4 is 0 Å². The summed E-state index contributed by atoms with van der Waals surface area (Å²) in [7, 11) is 0. The molecule has 0 spiro atoms. The van der Waals surface area contributed by atoms with Gasteiger partial charge in [0.2, 0.25) is 0 Å². The van der Waals surface area contributed by atoms with E-state index < -0.39 is 17.9 Å². The van der Waals surface area contributed by atoms with Crippen molar-refractivity contribution in [1.82, 2.24) is 0 Å². The van der Waals surface area contributed by atoms with E-state index in [4.69, 9.17) is 15.5 Å². The Labute approximate surface area is 100 Å². The van der Waals surface area contributed by atoms with Gasteiger partial charge in [0.05, 0.1) is 18.4 Å². The summed E-state index contributed by atoms with van der Waals surface area (Å²) in [5.41, 5.74) is 0. The van der Waals surface area contributed by atoms with Gasteiger partial charge in [-0.2, -0.15) is 5.26 Å². The molecule has 0 heterocycles. The average Bonchev–Trinajstić information content (AvgIpc) is 2.25. The summed E-state index contributed by atoms with van der Waals surface area (Å²) >= 11 is 0. The van der Waals surface area contributed by atoms with Crippen molar-refractivity contribution in [3.8, 4) is 6.07 Å². The Kier molecular flexibility index (Phi) is 8.39. The van der Waals surface area contributed by atoms with Crippen LogP contribution in [0.1, 0.15) is 38.5 Å². The number of allylic oxidation sites excluding steroid dienone is 2. The summed E-state index contributed by atoms with van der Waals surface area (Å²) in [5, 5.41) is 25.6. The number of aliphatic carboxylic acids is 2. The fraction of sp³-hybridized carbons (Fsp3) is 0.583. The summed E-state index contributed by atoms with van der Waals surface area (Å²) in [6, 6.07) is 1.97. The van der Waals surface area contributed by atoms with E-state index in [9.17, 15) is 9.59 Å². The predicted molar refractivity (Wildman–Crippen MR) is 61.2 cm³/mol. The third-order valence-electron chi connectivity index (χ3n) is 2.22. The van der Waals surface area contributed by atoms with Gasteiger partial charge >= 0.3 is 11.9 Å². The van der Waals surface area contributed by atoms with E-state index in [1.165, 1.54) is 0 Å². The maximum absolute atomic E-state index is 10.4. The molecule has 0 rings (SSSR count). The number of carbonyl (C=O) groups is 2. The van der Waals surface area contributed by atoms with Crippen LogP contribution in [-0.2, 0) is 9.59 Å². The molecular formula is C12H17NO4. The van der Waals surface area contributed by atoms with Crippen molar-refractivity contribution in [2.24, 2.45) is 5.92 Å². The van der Waals surface area contributed by atoms with E-state index in [0.29, 0.717) is 12.8 Å². The topological polar surface area (TPSA) is 98.4 Å². The minimum atomic E-state index is -0.950. The monoisotopic (exact) mass is 239 g/mol. The van der Waals surface area contributed by atoms with Crippen molar-refractivity contribution in [2.75, 3.05) is 0 Å². The van der Waals surface area contributed by atoms with Crippen LogP contribution in [-0.4, -0.2) is 22.2 Å². The van der Waals surface area contributed by atoms with Crippen molar-refractivity contribution >= 4 is 11.9 Å². The second-order valence-corrected chi connectivity index (χ2v) is 3.76. The minimum Gasteiger partial charge on any atom is -0.481 e. The van der Waals surface area contributed by atoms with Crippen molar-refractivity contribution in [3.05, 3.63) is 12.2 Å². The third kappa shape index (κ3) is 10.5. The Balaban J connectivity index is 3.58. The lowest BCUT2D eigenvalue weighted by Gasteiger charge is -2.03. The summed E-state index contributed by atoms with van der Waals surface area (Å²) in [6.45, 7) is 0. The molecule has 5 heteroatoms. The number of hydrogen-bond donors (Lipinski definition) is 2. The summed E-state index contributed by atoms with van der Waals surface area (Å²) < 4.78 is 0. The smallest absolute Gasteiger partial charge is 0.304 e. The van der Waals surface area contributed by atoms with Crippen LogP contribution in [0.2, 0.25) is 0 Å². The van der Waals surface area contributed by atoms with Crippen LogP contribution in [0.4, 0.5) is 0 Å². The average molecular weight is 239 g/mol. The molecule has 0 saturated heterocycles. The normalized spacial score (nSPS) is 12.2. The van der Waals surface area contributed by atoms with Crippen molar-refractivity contribution in [1.29, 1.82) is 5.26 Å². The van der Waals surface area contributed by atoms with Crippen LogP contribution in [0, 0.1) is 17.2 Å². The molecule has 17 heavy (non-hydrogen) atoms. The third-order valence-corrected chi connectivity index (χ3v) is 2.22. The number of nitriles is 1. The summed E-state index contributed by atoms with van der Waals surface area (Å²) in [4.78, 5) is 20.6. The Hall–Kier alpha value is -1.83. The zero-order chi connectivity index (χ0) is 13.1. The van der Waals surface area contributed by atoms with Crippen molar-refractivity contribution < 1.29 is 19.8 Å². The number of nitrogens with zero attached hydrogens (tertiary/aromatic N) is 1. The van der Waals surface area contributed by atoms with Gasteiger partial charge in [-0.15, -0.1) is 0 Å². The Morgan fingerprint density at radius 3 is 2.35 bits per heavy atom. The highest BCUT2D eigenvalue weighted by Gasteiger charge is 2.10. The number of carboxylic acids is 2. The maximum atomic E-state index is 10.4. The van der Waals surface area contributed by atoms with Crippen LogP contribution >= 0.6 is 0 Å². The quantitative estimate of drug-likeness (QED) is 0.474. The van der Waals surface area contributed by atoms with E-state index in [1.807, 2.05) is 12.1 Å². The van der Waals surface area contributed by atoms with E-state index >= 15 is 0 Å². The molecule has 0 aliphatic heterocycles. The predicted octanol–water partition coefficient (Wildman–Crippen LogP) is 2.19. The first-order valence-corrected chi connectivity index (χ1v) is 5.54. The Morgan fingerprint density at radius 1 is 1.18 bits per heavy atom. The zero-order valence-corrected chi connectivity index (χ0v) is 9.63. The highest BCUT2D eigenvalue weighted by atomic mass is 16.4. The Bertz CT molecular complexity index is 317. The molecular weight excluding hydrogens is 222 g/mol. The van der Waals surface area contributed by atoms with Crippen LogP contribution in [0.5, 0.6) is 0 Å². The van der Waals surface area contributed by atoms with Gasteiger partial charge in [-0.3, -0.25) is 9.59 Å². The van der Waals surface area contributed by atoms with Gasteiger partial charge in [-0.1, -0.05) is 12.2 Å². The Morgan fingerprint density at radius 2 is 1.82 bits per heavy atom. The lowest BCUT2D eigenvalue weighted by Crippen LogP contribution is -2.05. The van der Waals surface area contributed by atoms with Crippen molar-refractivity contribution in [3.63, 3.8) is 0 Å². The minimum absolute atomic E-state index is 0.112. The molecule has 0 aromatic carbocycles. The van der Waals surface area contributed by atoms with Gasteiger partial charge in [0.25, 0.3) is 0 Å². The summed E-state index contributed by atoms with van der Waals surface area (Å²) in [6.07, 6.45) is 6.24. The van der Waals surface area contributed by atoms with Gasteiger partial charge in [-0.05, 0) is 25.7 Å². The second-order valence-electron chi connectivity index (χ2n) is 3.76. The van der Waals surface area contributed by atoms with E-state index in [0.717, 1.165) is 12.8 Å². The van der Waals surface area contributed by atoms with Gasteiger partial charge in [0.15, 0.2) is 0 Å². The molecule has 0 aromatic heterocycles. The molecule has 94 valence electrons. The molecule has 1 unspecified atom stereocenters. The lowest BCUT2D eigenvalue weighted by molar-refractivity contribution is -0.138. The van der Waals surface area contributed by atoms with Crippen molar-refractivity contribution in [2.45, 2.75) is 38.5 Å². The van der Waals surface area contributed by atoms with Crippen LogP contribution in [0.25, 0.3) is 0 Å². The van der Waals surface area contributed by atoms with E-state index in [-0.39, 0.29) is 12.8 Å². The second kappa shape index (κ2) is 9.40. The maximum Gasteiger partial charge on any atom is 0.304 e. The first kappa shape index (κ1) is 15.2. The van der Waals surface area contributed by atoms with Gasteiger partial charge in [-0.25, -0.2) is 0 Å². The molecule has 0 radical (unpaired) electrons. The largest absolute Gasteiger partial charge is 0.481 e. The van der Waals surface area contributed by atoms with Crippen LogP contribution in [0.3, 0.4) is 0 Å². The fourth-order valence-electron chi connectivity index (χ4n) is 1.35. The molecule has 0 amide bonds. The SMILES string of the molecule is N#CC(CCC/C=C/CCC(=O)O)CC(=O)O. The fourth-order valence-corrected chi connectivity index (χ4v) is 1.35. The van der Waals surface area contributed by atoms with Crippen LogP contribution in [0.15, 0.2) is 12.2 Å². The number of rotatable bonds is 9. The number of unbranched alkanes of at least 4 members (excludes halogenated alkanes) is 1. The van der Waals surface area contributed by atoms with E-state index in [2.05, 4.69) is 0 Å². The van der Waals surface area contributed by atoms with Gasteiger partial charge in [0, 0.05) is 6.42 Å². The number of carboxylic acid groups (broad SMARTS) is 2. The highest BCUT2D eigenvalue weighted by molar-refractivity contribution is 5.67. The molecule has 0 saturated carbocycles. The molecule has 0 bridgehead atoms. The molecule has 0 fully saturated rings. The summed E-state index contributed by atoms with van der Waals surface area (Å²) in [5.74, 6) is -2.20. The number of hydrogen-bond acceptors (Lipinski definition) is 3.